The molecule has 17 heavy (non-hydrogen) atoms. The molecule has 6 heteroatoms. The Bertz CT molecular complexity index is 475. The minimum Gasteiger partial charge on any atom is -0.195 e. The lowest BCUT2D eigenvalue weighted by Gasteiger charge is -2.23. The van der Waals surface area contributed by atoms with Crippen LogP contribution < -0.4 is 0 Å². The van der Waals surface area contributed by atoms with Crippen molar-refractivity contribution in [1.82, 2.24) is 8.61 Å². The predicted molar refractivity (Wildman–Crippen MR) is 70.2 cm³/mol. The number of nitrogens with zero attached hydrogens (tertiary/aromatic N) is 2. The molecule has 0 aliphatic carbocycles. The van der Waals surface area contributed by atoms with Gasteiger partial charge in [-0.15, -0.1) is 11.3 Å². The summed E-state index contributed by atoms with van der Waals surface area (Å²) in [5, 5.41) is 2.00. The average Bonchev–Trinajstić information content (AvgIpc) is 2.90. The van der Waals surface area contributed by atoms with Gasteiger partial charge in [-0.05, 0) is 36.8 Å². The lowest BCUT2D eigenvalue weighted by molar-refractivity contribution is 0.393. The van der Waals surface area contributed by atoms with E-state index in [1.807, 2.05) is 18.4 Å². The first-order valence-corrected chi connectivity index (χ1v) is 8.04. The molecule has 2 heterocycles. The van der Waals surface area contributed by atoms with E-state index in [2.05, 4.69) is 0 Å². The van der Waals surface area contributed by atoms with Crippen molar-refractivity contribution in [2.75, 3.05) is 20.1 Å². The Hall–Kier alpha value is -0.430. The summed E-state index contributed by atoms with van der Waals surface area (Å²) >= 11 is 1.61. The van der Waals surface area contributed by atoms with Crippen LogP contribution in [0.2, 0.25) is 0 Å². The lowest BCUT2D eigenvalue weighted by atomic mass is 10.3. The minimum absolute atomic E-state index is 0.475. The van der Waals surface area contributed by atoms with Gasteiger partial charge in [0.2, 0.25) is 0 Å². The standard InChI is InChI=1S/C11H18N2O2S2/c1-10-5-8-16-11(10)9-12(2)17(14,15)13-6-3-4-7-13/h5,8H,3-4,6-7,9H2,1-2H3. The Labute approximate surface area is 107 Å². The van der Waals surface area contributed by atoms with Gasteiger partial charge in [-0.25, -0.2) is 0 Å². The van der Waals surface area contributed by atoms with Gasteiger partial charge in [-0.2, -0.15) is 17.0 Å². The van der Waals surface area contributed by atoms with Crippen molar-refractivity contribution in [3.63, 3.8) is 0 Å². The van der Waals surface area contributed by atoms with Gasteiger partial charge in [0.1, 0.15) is 0 Å². The highest BCUT2D eigenvalue weighted by Crippen LogP contribution is 2.21. The molecule has 0 amide bonds. The van der Waals surface area contributed by atoms with Crippen LogP contribution in [0.3, 0.4) is 0 Å². The van der Waals surface area contributed by atoms with Crippen molar-refractivity contribution < 1.29 is 8.42 Å². The third kappa shape index (κ3) is 2.70. The van der Waals surface area contributed by atoms with Gasteiger partial charge >= 0.3 is 0 Å². The Morgan fingerprint density at radius 2 is 2.06 bits per heavy atom. The zero-order valence-electron chi connectivity index (χ0n) is 10.2. The highest BCUT2D eigenvalue weighted by atomic mass is 32.2. The quantitative estimate of drug-likeness (QED) is 0.840. The fraction of sp³-hybridized carbons (Fsp3) is 0.636. The predicted octanol–water partition coefficient (Wildman–Crippen LogP) is 1.83. The van der Waals surface area contributed by atoms with E-state index in [-0.39, 0.29) is 0 Å². The maximum absolute atomic E-state index is 12.2. The summed E-state index contributed by atoms with van der Waals surface area (Å²) in [6.45, 7) is 3.82. The van der Waals surface area contributed by atoms with Crippen LogP contribution in [0.25, 0.3) is 0 Å². The topological polar surface area (TPSA) is 40.6 Å². The molecule has 0 spiro atoms. The third-order valence-corrected chi connectivity index (χ3v) is 6.06. The van der Waals surface area contributed by atoms with Crippen LogP contribution >= 0.6 is 11.3 Å². The van der Waals surface area contributed by atoms with E-state index in [1.165, 1.54) is 9.87 Å². The summed E-state index contributed by atoms with van der Waals surface area (Å²) < 4.78 is 27.5. The summed E-state index contributed by atoms with van der Waals surface area (Å²) in [6.07, 6.45) is 1.95. The van der Waals surface area contributed by atoms with E-state index in [0.717, 1.165) is 17.7 Å². The van der Waals surface area contributed by atoms with Gasteiger partial charge in [-0.1, -0.05) is 0 Å². The van der Waals surface area contributed by atoms with E-state index >= 15 is 0 Å². The molecule has 1 aliphatic rings. The molecule has 0 saturated carbocycles. The summed E-state index contributed by atoms with van der Waals surface area (Å²) in [7, 11) is -1.60. The fourth-order valence-corrected chi connectivity index (χ4v) is 4.41. The van der Waals surface area contributed by atoms with Crippen molar-refractivity contribution >= 4 is 21.5 Å². The summed E-state index contributed by atoms with van der Waals surface area (Å²) in [6, 6.07) is 2.02. The van der Waals surface area contributed by atoms with Gasteiger partial charge in [-0.3, -0.25) is 0 Å². The molecule has 0 N–H and O–H groups in total. The maximum atomic E-state index is 12.2. The molecule has 0 bridgehead atoms. The second-order valence-electron chi connectivity index (χ2n) is 4.40. The van der Waals surface area contributed by atoms with Gasteiger partial charge in [0.05, 0.1) is 0 Å². The maximum Gasteiger partial charge on any atom is 0.282 e. The van der Waals surface area contributed by atoms with E-state index in [4.69, 9.17) is 0 Å². The molecule has 0 unspecified atom stereocenters. The van der Waals surface area contributed by atoms with E-state index < -0.39 is 10.2 Å². The number of rotatable bonds is 4. The van der Waals surface area contributed by atoms with E-state index in [9.17, 15) is 8.42 Å². The monoisotopic (exact) mass is 274 g/mol. The molecule has 0 atom stereocenters. The van der Waals surface area contributed by atoms with Crippen molar-refractivity contribution in [2.24, 2.45) is 0 Å². The highest BCUT2D eigenvalue weighted by molar-refractivity contribution is 7.86. The Balaban J connectivity index is 2.09. The molecule has 96 valence electrons. The van der Waals surface area contributed by atoms with Gasteiger partial charge in [0, 0.05) is 31.6 Å². The normalized spacial score (nSPS) is 18.1. The SMILES string of the molecule is Cc1ccsc1CN(C)S(=O)(=O)N1CCCC1. The highest BCUT2D eigenvalue weighted by Gasteiger charge is 2.29. The van der Waals surface area contributed by atoms with Crippen LogP contribution in [0.5, 0.6) is 0 Å². The first kappa shape index (κ1) is 13.0. The second-order valence-corrected chi connectivity index (χ2v) is 7.43. The zero-order chi connectivity index (χ0) is 12.5. The van der Waals surface area contributed by atoms with Crippen molar-refractivity contribution in [2.45, 2.75) is 26.3 Å². The summed E-state index contributed by atoms with van der Waals surface area (Å²) in [4.78, 5) is 1.12. The first-order chi connectivity index (χ1) is 8.01. The fourth-order valence-electron chi connectivity index (χ4n) is 1.97. The van der Waals surface area contributed by atoms with Crippen LogP contribution in [-0.4, -0.2) is 37.2 Å². The smallest absolute Gasteiger partial charge is 0.195 e. The minimum atomic E-state index is -3.26. The number of aryl methyl sites for hydroxylation is 1. The lowest BCUT2D eigenvalue weighted by Crippen LogP contribution is -2.39. The first-order valence-electron chi connectivity index (χ1n) is 5.76. The van der Waals surface area contributed by atoms with Crippen LogP contribution in [0.4, 0.5) is 0 Å². The summed E-state index contributed by atoms with van der Waals surface area (Å²) in [5.74, 6) is 0. The van der Waals surface area contributed by atoms with Crippen molar-refractivity contribution in [1.29, 1.82) is 0 Å². The molecule has 2 rings (SSSR count). The van der Waals surface area contributed by atoms with Gasteiger partial charge in [0.25, 0.3) is 10.2 Å². The van der Waals surface area contributed by atoms with Crippen LogP contribution in [0, 0.1) is 6.92 Å². The molecule has 4 nitrogen and oxygen atoms in total. The van der Waals surface area contributed by atoms with Crippen molar-refractivity contribution in [3.8, 4) is 0 Å². The number of hydrogen-bond donors (Lipinski definition) is 0. The molecule has 0 aromatic carbocycles. The Kier molecular flexibility index (Phi) is 3.87. The molecule has 0 radical (unpaired) electrons. The van der Waals surface area contributed by atoms with Gasteiger partial charge < -0.3 is 0 Å². The van der Waals surface area contributed by atoms with Gasteiger partial charge in [0.15, 0.2) is 0 Å². The number of hydrogen-bond acceptors (Lipinski definition) is 3. The van der Waals surface area contributed by atoms with E-state index in [0.29, 0.717) is 19.6 Å². The molecule has 1 fully saturated rings. The molecule has 1 saturated heterocycles. The second kappa shape index (κ2) is 5.06. The van der Waals surface area contributed by atoms with Crippen LogP contribution in [0.1, 0.15) is 23.3 Å². The Morgan fingerprint density at radius 3 is 2.59 bits per heavy atom. The molecular weight excluding hydrogens is 256 g/mol. The van der Waals surface area contributed by atoms with Crippen molar-refractivity contribution in [3.05, 3.63) is 21.9 Å². The zero-order valence-corrected chi connectivity index (χ0v) is 11.9. The van der Waals surface area contributed by atoms with Crippen LogP contribution in [-0.2, 0) is 16.8 Å². The van der Waals surface area contributed by atoms with Crippen LogP contribution in [0.15, 0.2) is 11.4 Å². The molecule has 1 aliphatic heterocycles. The Morgan fingerprint density at radius 1 is 1.41 bits per heavy atom. The molecule has 1 aromatic rings. The molecule has 1 aromatic heterocycles. The summed E-state index contributed by atoms with van der Waals surface area (Å²) in [5.41, 5.74) is 1.17. The van der Waals surface area contributed by atoms with E-state index in [1.54, 1.807) is 22.7 Å². The molecular formula is C11H18N2O2S2. The third-order valence-electron chi connectivity index (χ3n) is 3.12. The number of thiophene rings is 1. The average molecular weight is 274 g/mol. The largest absolute Gasteiger partial charge is 0.282 e.